The molecule has 2 atom stereocenters. The van der Waals surface area contributed by atoms with E-state index in [1.165, 1.54) is 0 Å². The Balaban J connectivity index is 1.80. The quantitative estimate of drug-likeness (QED) is 0.783. The Morgan fingerprint density at radius 2 is 2.19 bits per heavy atom. The lowest BCUT2D eigenvalue weighted by Crippen LogP contribution is -2.28. The third kappa shape index (κ3) is 4.75. The van der Waals surface area contributed by atoms with E-state index in [9.17, 15) is 18.0 Å². The molecule has 1 N–H and O–H groups in total. The summed E-state index contributed by atoms with van der Waals surface area (Å²) in [7, 11) is 0. The summed E-state index contributed by atoms with van der Waals surface area (Å²) in [6.07, 6.45) is -3.57. The van der Waals surface area contributed by atoms with Gasteiger partial charge in [-0.3, -0.25) is 9.79 Å². The highest BCUT2D eigenvalue weighted by Crippen LogP contribution is 2.30. The van der Waals surface area contributed by atoms with Gasteiger partial charge < -0.3 is 14.8 Å². The molecule has 0 radical (unpaired) electrons. The average molecular weight is 391 g/mol. The van der Waals surface area contributed by atoms with E-state index < -0.39 is 24.7 Å². The van der Waals surface area contributed by atoms with Gasteiger partial charge in [-0.2, -0.15) is 13.2 Å². The number of nitrogens with zero attached hydrogens (tertiary/aromatic N) is 1. The van der Waals surface area contributed by atoms with E-state index in [0.29, 0.717) is 29.6 Å². The van der Waals surface area contributed by atoms with Crippen LogP contribution in [0.15, 0.2) is 23.2 Å². The maximum absolute atomic E-state index is 12.5. The van der Waals surface area contributed by atoms with Gasteiger partial charge >= 0.3 is 6.18 Å². The lowest BCUT2D eigenvalue weighted by Gasteiger charge is -2.15. The van der Waals surface area contributed by atoms with Crippen molar-refractivity contribution in [3.8, 4) is 0 Å². The van der Waals surface area contributed by atoms with Crippen molar-refractivity contribution in [2.45, 2.75) is 25.1 Å². The Bertz CT molecular complexity index is 703. The van der Waals surface area contributed by atoms with Crippen LogP contribution in [0.1, 0.15) is 18.4 Å². The standard InChI is InChI=1S/C17H18ClF3N2O3/c18-11-1-2-12-14(7-11)23-16(24)13(4-6-26-9-17(19,20)21)22-15(12)10-3-5-25-8-10/h1-2,7,10,13H,3-6,8-9H2,(H,23,24). The Morgan fingerprint density at radius 3 is 2.88 bits per heavy atom. The number of carbonyl (C=O) groups excluding carboxylic acids is 1. The van der Waals surface area contributed by atoms with Gasteiger partial charge in [-0.05, 0) is 24.6 Å². The van der Waals surface area contributed by atoms with Crippen molar-refractivity contribution in [2.24, 2.45) is 10.9 Å². The number of fused-ring (bicyclic) bond motifs is 1. The molecule has 3 rings (SSSR count). The summed E-state index contributed by atoms with van der Waals surface area (Å²) < 4.78 is 46.6. The smallest absolute Gasteiger partial charge is 0.381 e. The second kappa shape index (κ2) is 7.94. The molecule has 0 aliphatic carbocycles. The van der Waals surface area contributed by atoms with Crippen LogP contribution in [0.3, 0.4) is 0 Å². The topological polar surface area (TPSA) is 59.9 Å². The minimum Gasteiger partial charge on any atom is -0.381 e. The number of benzodiazepines with no additional fused rings is 1. The number of alkyl halides is 3. The SMILES string of the molecule is O=C1Nc2cc(Cl)ccc2C(C2CCOC2)=NC1CCOCC(F)(F)F. The fourth-order valence-corrected chi connectivity index (χ4v) is 3.18. The summed E-state index contributed by atoms with van der Waals surface area (Å²) in [4.78, 5) is 17.0. The zero-order chi connectivity index (χ0) is 18.7. The number of benzene rings is 1. The fourth-order valence-electron chi connectivity index (χ4n) is 3.01. The molecule has 2 aliphatic rings. The Kier molecular flexibility index (Phi) is 5.84. The van der Waals surface area contributed by atoms with Crippen molar-refractivity contribution in [2.75, 3.05) is 31.7 Å². The molecule has 0 aromatic heterocycles. The number of hydrogen-bond acceptors (Lipinski definition) is 4. The van der Waals surface area contributed by atoms with Crippen LogP contribution >= 0.6 is 11.6 Å². The number of aliphatic imine (C=N–C) groups is 1. The Morgan fingerprint density at radius 1 is 1.38 bits per heavy atom. The summed E-state index contributed by atoms with van der Waals surface area (Å²) in [5.74, 6) is -0.362. The zero-order valence-corrected chi connectivity index (χ0v) is 14.6. The van der Waals surface area contributed by atoms with Gasteiger partial charge in [-0.1, -0.05) is 11.6 Å². The van der Waals surface area contributed by atoms with E-state index in [-0.39, 0.29) is 18.9 Å². The molecule has 1 aromatic carbocycles. The minimum absolute atomic E-state index is 0.0289. The molecule has 1 saturated heterocycles. The molecular formula is C17H18ClF3N2O3. The van der Waals surface area contributed by atoms with Crippen LogP contribution in [0.4, 0.5) is 18.9 Å². The predicted molar refractivity (Wildman–Crippen MR) is 90.8 cm³/mol. The lowest BCUT2D eigenvalue weighted by molar-refractivity contribution is -0.174. The number of rotatable bonds is 5. The van der Waals surface area contributed by atoms with Crippen LogP contribution in [0.25, 0.3) is 0 Å². The number of amides is 1. The first kappa shape index (κ1) is 19.1. The van der Waals surface area contributed by atoms with Crippen molar-refractivity contribution < 1.29 is 27.4 Å². The molecule has 0 saturated carbocycles. The van der Waals surface area contributed by atoms with Crippen molar-refractivity contribution in [3.05, 3.63) is 28.8 Å². The van der Waals surface area contributed by atoms with Crippen molar-refractivity contribution in [1.82, 2.24) is 0 Å². The van der Waals surface area contributed by atoms with Gasteiger partial charge in [0, 0.05) is 36.1 Å². The van der Waals surface area contributed by atoms with E-state index in [2.05, 4.69) is 15.0 Å². The molecule has 1 amide bonds. The van der Waals surface area contributed by atoms with Gasteiger partial charge in [0.25, 0.3) is 0 Å². The van der Waals surface area contributed by atoms with E-state index in [4.69, 9.17) is 16.3 Å². The summed E-state index contributed by atoms with van der Waals surface area (Å²) in [6.45, 7) is -0.462. The van der Waals surface area contributed by atoms with Gasteiger partial charge in [0.05, 0.1) is 18.0 Å². The first-order valence-corrected chi connectivity index (χ1v) is 8.62. The Labute approximate surface area is 153 Å². The normalized spacial score (nSPS) is 23.2. The van der Waals surface area contributed by atoms with Crippen LogP contribution < -0.4 is 5.32 Å². The molecule has 2 heterocycles. The van der Waals surface area contributed by atoms with Crippen LogP contribution in [0.2, 0.25) is 5.02 Å². The molecule has 1 fully saturated rings. The monoisotopic (exact) mass is 390 g/mol. The van der Waals surface area contributed by atoms with Crippen LogP contribution in [0, 0.1) is 5.92 Å². The Hall–Kier alpha value is -1.64. The van der Waals surface area contributed by atoms with Crippen LogP contribution in [-0.4, -0.2) is 50.3 Å². The minimum atomic E-state index is -4.39. The molecule has 1 aromatic rings. The highest BCUT2D eigenvalue weighted by atomic mass is 35.5. The molecule has 0 spiro atoms. The zero-order valence-electron chi connectivity index (χ0n) is 13.8. The summed E-state index contributed by atoms with van der Waals surface area (Å²) in [5, 5.41) is 3.24. The number of ether oxygens (including phenoxy) is 2. The molecule has 26 heavy (non-hydrogen) atoms. The van der Waals surface area contributed by atoms with Gasteiger partial charge in [-0.25, -0.2) is 0 Å². The summed E-state index contributed by atoms with van der Waals surface area (Å²) in [5.41, 5.74) is 2.03. The van der Waals surface area contributed by atoms with Crippen LogP contribution in [0.5, 0.6) is 0 Å². The highest BCUT2D eigenvalue weighted by molar-refractivity contribution is 6.31. The largest absolute Gasteiger partial charge is 0.411 e. The fraction of sp³-hybridized carbons (Fsp3) is 0.529. The number of anilines is 1. The lowest BCUT2D eigenvalue weighted by atomic mass is 9.94. The molecule has 9 heteroatoms. The number of nitrogens with one attached hydrogen (secondary N) is 1. The molecular weight excluding hydrogens is 373 g/mol. The van der Waals surface area contributed by atoms with Gasteiger partial charge in [0.1, 0.15) is 12.6 Å². The molecule has 2 unspecified atom stereocenters. The number of halogens is 4. The molecule has 2 aliphatic heterocycles. The van der Waals surface area contributed by atoms with E-state index in [0.717, 1.165) is 12.0 Å². The first-order chi connectivity index (χ1) is 12.3. The van der Waals surface area contributed by atoms with Crippen molar-refractivity contribution in [3.63, 3.8) is 0 Å². The second-order valence-electron chi connectivity index (χ2n) is 6.23. The average Bonchev–Trinajstić information content (AvgIpc) is 3.04. The first-order valence-electron chi connectivity index (χ1n) is 8.24. The van der Waals surface area contributed by atoms with Crippen molar-refractivity contribution >= 4 is 28.9 Å². The maximum Gasteiger partial charge on any atom is 0.411 e. The number of carbonyl (C=O) groups is 1. The molecule has 0 bridgehead atoms. The third-order valence-corrected chi connectivity index (χ3v) is 4.47. The molecule has 5 nitrogen and oxygen atoms in total. The van der Waals surface area contributed by atoms with E-state index in [1.807, 2.05) is 0 Å². The van der Waals surface area contributed by atoms with E-state index in [1.54, 1.807) is 18.2 Å². The van der Waals surface area contributed by atoms with Gasteiger partial charge in [-0.15, -0.1) is 0 Å². The maximum atomic E-state index is 12.5. The van der Waals surface area contributed by atoms with E-state index >= 15 is 0 Å². The highest BCUT2D eigenvalue weighted by Gasteiger charge is 2.32. The van der Waals surface area contributed by atoms with Crippen molar-refractivity contribution in [1.29, 1.82) is 0 Å². The predicted octanol–water partition coefficient (Wildman–Crippen LogP) is 3.46. The van der Waals surface area contributed by atoms with Gasteiger partial charge in [0.2, 0.25) is 5.91 Å². The number of hydrogen-bond donors (Lipinski definition) is 1. The van der Waals surface area contributed by atoms with Crippen LogP contribution in [-0.2, 0) is 14.3 Å². The third-order valence-electron chi connectivity index (χ3n) is 4.23. The summed E-state index contributed by atoms with van der Waals surface area (Å²) >= 11 is 6.02. The van der Waals surface area contributed by atoms with Gasteiger partial charge in [0.15, 0.2) is 0 Å². The summed E-state index contributed by atoms with van der Waals surface area (Å²) in [6, 6.07) is 4.32. The molecule has 142 valence electrons. The second-order valence-corrected chi connectivity index (χ2v) is 6.66.